The molecule has 0 saturated carbocycles. The van der Waals surface area contributed by atoms with Gasteiger partial charge in [0.15, 0.2) is 11.0 Å². The average Bonchev–Trinajstić information content (AvgIpc) is 2.80. The fourth-order valence-corrected chi connectivity index (χ4v) is 3.39. The molecule has 3 aromatic rings. The Morgan fingerprint density at radius 1 is 1.21 bits per heavy atom. The van der Waals surface area contributed by atoms with Crippen molar-refractivity contribution in [2.45, 2.75) is 26.9 Å². The van der Waals surface area contributed by atoms with Crippen molar-refractivity contribution in [1.82, 2.24) is 4.57 Å². The van der Waals surface area contributed by atoms with Crippen LogP contribution in [-0.2, 0) is 13.1 Å². The minimum Gasteiger partial charge on any atom is -0.489 e. The van der Waals surface area contributed by atoms with Crippen molar-refractivity contribution in [3.05, 3.63) is 57.8 Å². The van der Waals surface area contributed by atoms with E-state index in [1.54, 1.807) is 0 Å². The van der Waals surface area contributed by atoms with Gasteiger partial charge in [-0.3, -0.25) is 0 Å². The number of ether oxygens (including phenoxy) is 1. The van der Waals surface area contributed by atoms with Gasteiger partial charge in [-0.1, -0.05) is 29.8 Å². The average molecular weight is 523 g/mol. The lowest BCUT2D eigenvalue weighted by molar-refractivity contribution is -0.679. The molecule has 6 heteroatoms. The summed E-state index contributed by atoms with van der Waals surface area (Å²) in [5, 5.41) is 0.725. The minimum absolute atomic E-state index is 0. The van der Waals surface area contributed by atoms with Crippen LogP contribution in [0.3, 0.4) is 0 Å². The van der Waals surface area contributed by atoms with Crippen molar-refractivity contribution >= 4 is 62.5 Å². The second kappa shape index (κ2) is 8.54. The van der Waals surface area contributed by atoms with Crippen LogP contribution < -0.4 is 9.30 Å². The molecule has 1 heterocycles. The van der Waals surface area contributed by atoms with Crippen LogP contribution in [-0.4, -0.2) is 11.2 Å². The fourth-order valence-electron chi connectivity index (χ4n) is 2.91. The van der Waals surface area contributed by atoms with Gasteiger partial charge < -0.3 is 4.74 Å². The molecule has 0 fully saturated rings. The lowest BCUT2D eigenvalue weighted by Crippen LogP contribution is -2.39. The molecule has 0 aliphatic heterocycles. The molecule has 0 unspecified atom stereocenters. The zero-order chi connectivity index (χ0) is 16.4. The molecule has 0 aliphatic carbocycles. The third kappa shape index (κ3) is 3.89. The number of para-hydroxylation sites is 1. The highest BCUT2D eigenvalue weighted by Crippen LogP contribution is 2.28. The summed E-state index contributed by atoms with van der Waals surface area (Å²) in [6, 6.07) is 14.0. The van der Waals surface area contributed by atoms with Gasteiger partial charge in [0.05, 0.1) is 11.6 Å². The number of benzene rings is 2. The predicted octanol–water partition coefficient (Wildman–Crippen LogP) is 5.37. The monoisotopic (exact) mass is 521 g/mol. The van der Waals surface area contributed by atoms with Crippen LogP contribution in [0.25, 0.3) is 11.0 Å². The maximum absolute atomic E-state index is 6.29. The van der Waals surface area contributed by atoms with Crippen LogP contribution >= 0.6 is 51.5 Å². The molecule has 0 bridgehead atoms. The molecule has 0 spiro atoms. The lowest BCUT2D eigenvalue weighted by atomic mass is 10.3. The van der Waals surface area contributed by atoms with E-state index in [4.69, 9.17) is 16.3 Å². The summed E-state index contributed by atoms with van der Waals surface area (Å²) in [6.45, 7) is 6.60. The quantitative estimate of drug-likeness (QED) is 0.326. The van der Waals surface area contributed by atoms with Gasteiger partial charge in [0.2, 0.25) is 0 Å². The number of nitrogens with zero attached hydrogens (tertiary/aromatic N) is 2. The number of imidazole rings is 1. The SMILES string of the molecule is CCn1c(C)[n+](CCOc2ccccc2)c2cc(Cl)c(Br)cc21.I. The van der Waals surface area contributed by atoms with E-state index < -0.39 is 0 Å². The summed E-state index contributed by atoms with van der Waals surface area (Å²) >= 11 is 9.81. The molecule has 3 nitrogen and oxygen atoms in total. The third-order valence-electron chi connectivity index (χ3n) is 4.02. The second-order valence-corrected chi connectivity index (χ2v) is 6.62. The number of rotatable bonds is 5. The highest BCUT2D eigenvalue weighted by molar-refractivity contribution is 14.0. The first kappa shape index (κ1) is 19.5. The Morgan fingerprint density at radius 3 is 2.58 bits per heavy atom. The Bertz CT molecular complexity index is 836. The molecule has 2 aromatic carbocycles. The number of fused-ring (bicyclic) bond motifs is 1. The summed E-state index contributed by atoms with van der Waals surface area (Å²) in [5.74, 6) is 2.10. The van der Waals surface area contributed by atoms with E-state index in [-0.39, 0.29) is 24.0 Å². The van der Waals surface area contributed by atoms with Crippen molar-refractivity contribution in [3.63, 3.8) is 0 Å². The zero-order valence-corrected chi connectivity index (χ0v) is 18.3. The van der Waals surface area contributed by atoms with E-state index in [0.29, 0.717) is 6.61 Å². The van der Waals surface area contributed by atoms with Crippen molar-refractivity contribution in [3.8, 4) is 5.75 Å². The van der Waals surface area contributed by atoms with Crippen LogP contribution in [0.2, 0.25) is 5.02 Å². The summed E-state index contributed by atoms with van der Waals surface area (Å²) in [7, 11) is 0. The highest BCUT2D eigenvalue weighted by atomic mass is 127. The Morgan fingerprint density at radius 2 is 1.92 bits per heavy atom. The first-order chi connectivity index (χ1) is 11.1. The second-order valence-electron chi connectivity index (χ2n) is 5.36. The van der Waals surface area contributed by atoms with Crippen LogP contribution in [0.15, 0.2) is 46.9 Å². The normalized spacial score (nSPS) is 10.7. The Kier molecular flexibility index (Phi) is 6.95. The number of aromatic nitrogens is 2. The summed E-state index contributed by atoms with van der Waals surface area (Å²) < 4.78 is 11.3. The summed E-state index contributed by atoms with van der Waals surface area (Å²) in [4.78, 5) is 0. The smallest absolute Gasteiger partial charge is 0.254 e. The molecule has 3 rings (SSSR count). The van der Waals surface area contributed by atoms with Gasteiger partial charge in [-0.2, -0.15) is 0 Å². The third-order valence-corrected chi connectivity index (χ3v) is 5.22. The number of aryl methyl sites for hydroxylation is 1. The van der Waals surface area contributed by atoms with Crippen molar-refractivity contribution < 1.29 is 9.30 Å². The number of hydrogen-bond acceptors (Lipinski definition) is 1. The molecule has 0 N–H and O–H groups in total. The van der Waals surface area contributed by atoms with Gasteiger partial charge >= 0.3 is 0 Å². The summed E-state index contributed by atoms with van der Waals surface area (Å²) in [5.41, 5.74) is 2.31. The van der Waals surface area contributed by atoms with Gasteiger partial charge in [0.1, 0.15) is 18.9 Å². The maximum atomic E-state index is 6.29. The molecule has 1 aromatic heterocycles. The number of hydrogen-bond donors (Lipinski definition) is 0. The van der Waals surface area contributed by atoms with E-state index in [1.165, 1.54) is 11.3 Å². The van der Waals surface area contributed by atoms with Crippen LogP contribution in [0.1, 0.15) is 12.7 Å². The molecule has 0 aliphatic rings. The Balaban J connectivity index is 0.00000208. The Hall–Kier alpha value is -0.790. The van der Waals surface area contributed by atoms with Crippen molar-refractivity contribution in [2.75, 3.05) is 6.61 Å². The lowest BCUT2D eigenvalue weighted by Gasteiger charge is -2.05. The molecule has 24 heavy (non-hydrogen) atoms. The van der Waals surface area contributed by atoms with E-state index in [1.807, 2.05) is 36.4 Å². The molecule has 0 radical (unpaired) electrons. The molecular formula is C18H20BrClIN2O+. The van der Waals surface area contributed by atoms with Gasteiger partial charge in [0.25, 0.3) is 5.82 Å². The topological polar surface area (TPSA) is 18.0 Å². The minimum atomic E-state index is 0. The zero-order valence-electron chi connectivity index (χ0n) is 13.6. The molecule has 0 amide bonds. The van der Waals surface area contributed by atoms with Gasteiger partial charge in [-0.25, -0.2) is 9.13 Å². The van der Waals surface area contributed by atoms with Crippen LogP contribution in [0.5, 0.6) is 5.75 Å². The standard InChI is InChI=1S/C18H19BrClN2O.HI/c1-3-21-13(2)22(9-10-23-14-7-5-4-6-8-14)18-12-16(20)15(19)11-17(18)21;/h4-8,11-12H,3,9-10H2,1-2H3;1H/q+1;. The maximum Gasteiger partial charge on any atom is 0.254 e. The van der Waals surface area contributed by atoms with Crippen molar-refractivity contribution in [2.24, 2.45) is 0 Å². The molecule has 0 atom stereocenters. The highest BCUT2D eigenvalue weighted by Gasteiger charge is 2.22. The Labute approximate surface area is 172 Å². The van der Waals surface area contributed by atoms with E-state index in [2.05, 4.69) is 45.0 Å². The first-order valence-corrected chi connectivity index (χ1v) is 8.84. The van der Waals surface area contributed by atoms with Crippen LogP contribution in [0, 0.1) is 6.92 Å². The first-order valence-electron chi connectivity index (χ1n) is 7.67. The van der Waals surface area contributed by atoms with Crippen LogP contribution in [0.4, 0.5) is 0 Å². The molecular weight excluding hydrogens is 502 g/mol. The largest absolute Gasteiger partial charge is 0.489 e. The predicted molar refractivity (Wildman–Crippen MR) is 113 cm³/mol. The fraction of sp³-hybridized carbons (Fsp3) is 0.278. The van der Waals surface area contributed by atoms with Gasteiger partial charge in [-0.15, -0.1) is 24.0 Å². The van der Waals surface area contributed by atoms with E-state index in [0.717, 1.165) is 33.9 Å². The van der Waals surface area contributed by atoms with E-state index >= 15 is 0 Å². The van der Waals surface area contributed by atoms with Gasteiger partial charge in [-0.05, 0) is 35.0 Å². The van der Waals surface area contributed by atoms with Crippen molar-refractivity contribution in [1.29, 1.82) is 0 Å². The summed E-state index contributed by atoms with van der Waals surface area (Å²) in [6.07, 6.45) is 0. The molecule has 0 saturated heterocycles. The van der Waals surface area contributed by atoms with E-state index in [9.17, 15) is 0 Å². The number of halogens is 3. The molecule has 128 valence electrons. The van der Waals surface area contributed by atoms with Gasteiger partial charge in [0, 0.05) is 23.5 Å².